The first-order valence-corrected chi connectivity index (χ1v) is 10.4. The number of hydrogen-bond donors (Lipinski definition) is 0. The van der Waals surface area contributed by atoms with Crippen molar-refractivity contribution >= 4 is 29.1 Å². The topological polar surface area (TPSA) is 38.8 Å². The van der Waals surface area contributed by atoms with Crippen LogP contribution in [-0.4, -0.2) is 31.6 Å². The number of carbonyl (C=O) groups is 1. The molecule has 0 saturated heterocycles. The molecule has 0 fully saturated rings. The molecule has 0 N–H and O–H groups in total. The van der Waals surface area contributed by atoms with Crippen LogP contribution in [0, 0.1) is 5.82 Å². The number of nitrogens with zero attached hydrogens (tertiary/aromatic N) is 1. The molecule has 0 radical (unpaired) electrons. The number of ether oxygens (including phenoxy) is 2. The Morgan fingerprint density at radius 2 is 1.65 bits per heavy atom. The molecule has 1 heterocycles. The van der Waals surface area contributed by atoms with Gasteiger partial charge < -0.3 is 14.4 Å². The van der Waals surface area contributed by atoms with Gasteiger partial charge in [0.05, 0.1) is 30.3 Å². The van der Waals surface area contributed by atoms with Crippen molar-refractivity contribution in [3.05, 3.63) is 92.7 Å². The molecule has 4 rings (SSSR count). The molecule has 3 aromatic carbocycles. The third-order valence-electron chi connectivity index (χ3n) is 5.49. The number of benzene rings is 3. The molecule has 31 heavy (non-hydrogen) atoms. The van der Waals surface area contributed by atoms with Crippen molar-refractivity contribution in [2.24, 2.45) is 0 Å². The van der Waals surface area contributed by atoms with Crippen LogP contribution in [0.1, 0.15) is 33.1 Å². The van der Waals surface area contributed by atoms with Crippen molar-refractivity contribution < 1.29 is 18.7 Å². The number of carbonyl (C=O) groups excluding carboxylic acids is 1. The van der Waals surface area contributed by atoms with Gasteiger partial charge in [0.2, 0.25) is 0 Å². The van der Waals surface area contributed by atoms with Gasteiger partial charge >= 0.3 is 0 Å². The lowest BCUT2D eigenvalue weighted by molar-refractivity contribution is 0.0694. The zero-order valence-electron chi connectivity index (χ0n) is 17.0. The Morgan fingerprint density at radius 3 is 2.29 bits per heavy atom. The summed E-state index contributed by atoms with van der Waals surface area (Å²) in [5.41, 5.74) is 3.18. The van der Waals surface area contributed by atoms with Gasteiger partial charge in [-0.25, -0.2) is 4.39 Å². The average Bonchev–Trinajstić information content (AvgIpc) is 2.79. The molecule has 0 spiro atoms. The zero-order chi connectivity index (χ0) is 22.1. The van der Waals surface area contributed by atoms with Crippen LogP contribution in [0.3, 0.4) is 0 Å². The van der Waals surface area contributed by atoms with Gasteiger partial charge in [0, 0.05) is 12.1 Å². The molecule has 0 aromatic heterocycles. The van der Waals surface area contributed by atoms with Gasteiger partial charge in [-0.3, -0.25) is 4.79 Å². The van der Waals surface area contributed by atoms with E-state index in [9.17, 15) is 9.18 Å². The highest BCUT2D eigenvalue weighted by Gasteiger charge is 2.34. The minimum atomic E-state index is -0.425. The monoisotopic (exact) mass is 459 g/mol. The third kappa shape index (κ3) is 4.08. The maximum Gasteiger partial charge on any atom is 0.254 e. The SMILES string of the molecule is COc1cc2c(cc1OC)[C@@H](c1ccc(F)cc1)N(C(=O)c1ccc(Cl)c(Cl)c1)CC2. The summed E-state index contributed by atoms with van der Waals surface area (Å²) in [6.45, 7) is 0.476. The normalized spacial score (nSPS) is 15.4. The predicted molar refractivity (Wildman–Crippen MR) is 119 cm³/mol. The van der Waals surface area contributed by atoms with Gasteiger partial charge in [-0.1, -0.05) is 35.3 Å². The van der Waals surface area contributed by atoms with Gasteiger partial charge in [-0.15, -0.1) is 0 Å². The summed E-state index contributed by atoms with van der Waals surface area (Å²) < 4.78 is 24.6. The molecule has 1 aliphatic heterocycles. The fourth-order valence-electron chi connectivity index (χ4n) is 3.96. The second-order valence-corrected chi connectivity index (χ2v) is 8.05. The van der Waals surface area contributed by atoms with Gasteiger partial charge in [-0.2, -0.15) is 0 Å². The lowest BCUT2D eigenvalue weighted by Crippen LogP contribution is -2.40. The third-order valence-corrected chi connectivity index (χ3v) is 6.23. The van der Waals surface area contributed by atoms with Crippen LogP contribution in [0.2, 0.25) is 10.0 Å². The summed E-state index contributed by atoms with van der Waals surface area (Å²) in [6.07, 6.45) is 0.639. The number of halogens is 3. The summed E-state index contributed by atoms with van der Waals surface area (Å²) in [4.78, 5) is 15.3. The van der Waals surface area contributed by atoms with Gasteiger partial charge in [0.25, 0.3) is 5.91 Å². The van der Waals surface area contributed by atoms with E-state index in [0.29, 0.717) is 40.1 Å². The quantitative estimate of drug-likeness (QED) is 0.484. The molecule has 0 unspecified atom stereocenters. The standard InChI is InChI=1S/C24H20Cl2FNO3/c1-30-21-12-15-9-10-28(24(29)16-5-8-19(25)20(26)11-16)23(18(15)13-22(21)31-2)14-3-6-17(27)7-4-14/h3-8,11-13,23H,9-10H2,1-2H3/t23-/m1/s1. The molecule has 4 nitrogen and oxygen atoms in total. The molecule has 1 atom stereocenters. The number of methoxy groups -OCH3 is 2. The lowest BCUT2D eigenvalue weighted by atomic mass is 9.87. The molecule has 7 heteroatoms. The Morgan fingerprint density at radius 1 is 0.968 bits per heavy atom. The van der Waals surface area contributed by atoms with Crippen molar-refractivity contribution in [1.82, 2.24) is 4.90 Å². The second kappa shape index (κ2) is 8.77. The maximum atomic E-state index is 13.6. The van der Waals surface area contributed by atoms with Crippen molar-refractivity contribution in [1.29, 1.82) is 0 Å². The first kappa shape index (κ1) is 21.5. The number of hydrogen-bond acceptors (Lipinski definition) is 3. The molecular weight excluding hydrogens is 440 g/mol. The average molecular weight is 460 g/mol. The number of fused-ring (bicyclic) bond motifs is 1. The second-order valence-electron chi connectivity index (χ2n) is 7.24. The minimum absolute atomic E-state index is 0.187. The van der Waals surface area contributed by atoms with E-state index >= 15 is 0 Å². The van der Waals surface area contributed by atoms with Crippen LogP contribution in [0.4, 0.5) is 4.39 Å². The Hall–Kier alpha value is -2.76. The molecular formula is C24H20Cl2FNO3. The Bertz CT molecular complexity index is 1130. The van der Waals surface area contributed by atoms with E-state index in [1.54, 1.807) is 49.5 Å². The van der Waals surface area contributed by atoms with Crippen LogP contribution < -0.4 is 9.47 Å². The zero-order valence-corrected chi connectivity index (χ0v) is 18.5. The van der Waals surface area contributed by atoms with Crippen molar-refractivity contribution in [3.8, 4) is 11.5 Å². The number of amides is 1. The van der Waals surface area contributed by atoms with E-state index in [1.165, 1.54) is 12.1 Å². The molecule has 0 bridgehead atoms. The van der Waals surface area contributed by atoms with Crippen molar-refractivity contribution in [3.63, 3.8) is 0 Å². The first-order chi connectivity index (χ1) is 14.9. The Balaban J connectivity index is 1.84. The highest BCUT2D eigenvalue weighted by molar-refractivity contribution is 6.42. The fraction of sp³-hybridized carbons (Fsp3) is 0.208. The largest absolute Gasteiger partial charge is 0.493 e. The molecule has 0 saturated carbocycles. The Labute approximate surface area is 190 Å². The molecule has 1 amide bonds. The van der Waals surface area contributed by atoms with E-state index in [0.717, 1.165) is 16.7 Å². The molecule has 1 aliphatic rings. The summed E-state index contributed by atoms with van der Waals surface area (Å²) >= 11 is 12.2. The maximum absolute atomic E-state index is 13.6. The summed E-state index contributed by atoms with van der Waals surface area (Å²) in [5.74, 6) is 0.670. The van der Waals surface area contributed by atoms with Gasteiger partial charge in [0.15, 0.2) is 11.5 Å². The first-order valence-electron chi connectivity index (χ1n) is 9.69. The van der Waals surface area contributed by atoms with Crippen LogP contribution >= 0.6 is 23.2 Å². The number of rotatable bonds is 4. The molecule has 3 aromatic rings. The van der Waals surface area contributed by atoms with E-state index in [-0.39, 0.29) is 11.7 Å². The van der Waals surface area contributed by atoms with Crippen molar-refractivity contribution in [2.75, 3.05) is 20.8 Å². The molecule has 160 valence electrons. The van der Waals surface area contributed by atoms with E-state index in [4.69, 9.17) is 32.7 Å². The highest BCUT2D eigenvalue weighted by Crippen LogP contribution is 2.41. The van der Waals surface area contributed by atoms with E-state index in [2.05, 4.69) is 0 Å². The predicted octanol–water partition coefficient (Wildman–Crippen LogP) is 5.94. The van der Waals surface area contributed by atoms with Crippen LogP contribution in [0.15, 0.2) is 54.6 Å². The summed E-state index contributed by atoms with van der Waals surface area (Å²) in [5, 5.41) is 0.698. The lowest BCUT2D eigenvalue weighted by Gasteiger charge is -2.38. The van der Waals surface area contributed by atoms with Gasteiger partial charge in [-0.05, 0) is 65.6 Å². The summed E-state index contributed by atoms with van der Waals surface area (Å²) in [6, 6.07) is 14.4. The van der Waals surface area contributed by atoms with E-state index < -0.39 is 6.04 Å². The molecule has 0 aliphatic carbocycles. The Kier molecular flexibility index (Phi) is 6.08. The highest BCUT2D eigenvalue weighted by atomic mass is 35.5. The van der Waals surface area contributed by atoms with E-state index in [1.807, 2.05) is 12.1 Å². The van der Waals surface area contributed by atoms with Crippen LogP contribution in [0.25, 0.3) is 0 Å². The van der Waals surface area contributed by atoms with Crippen molar-refractivity contribution in [2.45, 2.75) is 12.5 Å². The summed E-state index contributed by atoms with van der Waals surface area (Å²) in [7, 11) is 3.16. The minimum Gasteiger partial charge on any atom is -0.493 e. The van der Waals surface area contributed by atoms with Crippen LogP contribution in [0.5, 0.6) is 11.5 Å². The van der Waals surface area contributed by atoms with Gasteiger partial charge in [0.1, 0.15) is 5.82 Å². The fourth-order valence-corrected chi connectivity index (χ4v) is 4.26. The van der Waals surface area contributed by atoms with Crippen LogP contribution in [-0.2, 0) is 6.42 Å². The smallest absolute Gasteiger partial charge is 0.254 e.